The minimum Gasteiger partial charge on any atom is -0.394 e. The van der Waals surface area contributed by atoms with E-state index >= 15 is 0 Å². The van der Waals surface area contributed by atoms with Gasteiger partial charge in [-0.3, -0.25) is 4.55 Å². The molecule has 0 aromatic heterocycles. The Bertz CT molecular complexity index is 210. The molecule has 2 atom stereocenters. The lowest BCUT2D eigenvalue weighted by molar-refractivity contribution is 0.0868. The monoisotopic (exact) mass is 198 g/mol. The maximum absolute atomic E-state index is 10.6. The molecular formula is C6H14O5S. The van der Waals surface area contributed by atoms with E-state index in [9.17, 15) is 8.42 Å². The van der Waals surface area contributed by atoms with Crippen LogP contribution in [0.2, 0.25) is 0 Å². The molecular weight excluding hydrogens is 184 g/mol. The van der Waals surface area contributed by atoms with Gasteiger partial charge in [0.2, 0.25) is 0 Å². The minimum atomic E-state index is -4.25. The predicted molar refractivity (Wildman–Crippen MR) is 43.3 cm³/mol. The second kappa shape index (κ2) is 4.76. The summed E-state index contributed by atoms with van der Waals surface area (Å²) in [5, 5.41) is 16.2. The quantitative estimate of drug-likeness (QED) is 0.512. The van der Waals surface area contributed by atoms with Crippen LogP contribution in [0.15, 0.2) is 0 Å². The fourth-order valence-electron chi connectivity index (χ4n) is 0.942. The molecule has 0 amide bonds. The van der Waals surface area contributed by atoms with Crippen molar-refractivity contribution in [2.45, 2.75) is 31.1 Å². The van der Waals surface area contributed by atoms with Gasteiger partial charge in [-0.1, -0.05) is 13.3 Å². The van der Waals surface area contributed by atoms with E-state index in [2.05, 4.69) is 0 Å². The minimum absolute atomic E-state index is 0.139. The standard InChI is InChI=1S/C6H14O5S/c1-2-3-6(5(8)4-7)12(9,10)11/h5-8H,2-4H2,1H3,(H,9,10,11). The molecule has 6 heteroatoms. The predicted octanol–water partition coefficient (Wildman–Crippen LogP) is -0.604. The Labute approximate surface area is 71.8 Å². The highest BCUT2D eigenvalue weighted by atomic mass is 32.2. The molecule has 0 saturated heterocycles. The molecule has 0 heterocycles. The number of hydrogen-bond donors (Lipinski definition) is 3. The maximum atomic E-state index is 10.6. The zero-order chi connectivity index (χ0) is 9.78. The smallest absolute Gasteiger partial charge is 0.270 e. The third-order valence-electron chi connectivity index (χ3n) is 1.57. The van der Waals surface area contributed by atoms with Crippen LogP contribution in [0.25, 0.3) is 0 Å². The van der Waals surface area contributed by atoms with Gasteiger partial charge in [0.1, 0.15) is 5.25 Å². The highest BCUT2D eigenvalue weighted by molar-refractivity contribution is 7.86. The van der Waals surface area contributed by atoms with Gasteiger partial charge < -0.3 is 10.2 Å². The van der Waals surface area contributed by atoms with Crippen molar-refractivity contribution in [2.75, 3.05) is 6.61 Å². The molecule has 0 aliphatic rings. The molecule has 0 spiro atoms. The lowest BCUT2D eigenvalue weighted by Crippen LogP contribution is -2.36. The largest absolute Gasteiger partial charge is 0.394 e. The summed E-state index contributed by atoms with van der Waals surface area (Å²) in [6.45, 7) is 1.06. The van der Waals surface area contributed by atoms with Crippen LogP contribution in [-0.2, 0) is 10.1 Å². The summed E-state index contributed by atoms with van der Waals surface area (Å²) in [6.07, 6.45) is -0.748. The SMILES string of the molecule is CCCC(C(O)CO)S(=O)(=O)O. The first kappa shape index (κ1) is 11.8. The maximum Gasteiger partial charge on any atom is 0.270 e. The van der Waals surface area contributed by atoms with Gasteiger partial charge >= 0.3 is 0 Å². The number of aliphatic hydroxyl groups is 2. The zero-order valence-corrected chi connectivity index (χ0v) is 7.66. The van der Waals surface area contributed by atoms with Crippen LogP contribution in [0, 0.1) is 0 Å². The van der Waals surface area contributed by atoms with Crippen LogP contribution in [0.4, 0.5) is 0 Å². The summed E-state index contributed by atoms with van der Waals surface area (Å²) in [5.41, 5.74) is 0. The molecule has 2 unspecified atom stereocenters. The lowest BCUT2D eigenvalue weighted by atomic mass is 10.2. The summed E-state index contributed by atoms with van der Waals surface area (Å²) in [6, 6.07) is 0. The highest BCUT2D eigenvalue weighted by Crippen LogP contribution is 2.11. The first-order valence-electron chi connectivity index (χ1n) is 3.68. The van der Waals surface area contributed by atoms with E-state index < -0.39 is 28.1 Å². The molecule has 0 aliphatic heterocycles. The first-order chi connectivity index (χ1) is 5.43. The van der Waals surface area contributed by atoms with E-state index in [0.717, 1.165) is 0 Å². The molecule has 0 radical (unpaired) electrons. The van der Waals surface area contributed by atoms with Gasteiger partial charge in [0.15, 0.2) is 0 Å². The van der Waals surface area contributed by atoms with E-state index in [1.54, 1.807) is 6.92 Å². The lowest BCUT2D eigenvalue weighted by Gasteiger charge is -2.16. The van der Waals surface area contributed by atoms with Gasteiger partial charge in [0.25, 0.3) is 10.1 Å². The number of hydrogen-bond acceptors (Lipinski definition) is 4. The molecule has 0 aromatic carbocycles. The highest BCUT2D eigenvalue weighted by Gasteiger charge is 2.29. The molecule has 5 nitrogen and oxygen atoms in total. The van der Waals surface area contributed by atoms with Gasteiger partial charge in [-0.2, -0.15) is 8.42 Å². The first-order valence-corrected chi connectivity index (χ1v) is 5.19. The van der Waals surface area contributed by atoms with Crippen LogP contribution in [0.5, 0.6) is 0 Å². The molecule has 74 valence electrons. The average Bonchev–Trinajstić information content (AvgIpc) is 1.96. The average molecular weight is 198 g/mol. The molecule has 0 aliphatic carbocycles. The van der Waals surface area contributed by atoms with Crippen molar-refractivity contribution < 1.29 is 23.2 Å². The van der Waals surface area contributed by atoms with Crippen molar-refractivity contribution in [1.82, 2.24) is 0 Å². The molecule has 3 N–H and O–H groups in total. The summed E-state index contributed by atoms with van der Waals surface area (Å²) in [5.74, 6) is 0. The molecule has 0 fully saturated rings. The van der Waals surface area contributed by atoms with Gasteiger partial charge in [0.05, 0.1) is 12.7 Å². The van der Waals surface area contributed by atoms with Crippen molar-refractivity contribution >= 4 is 10.1 Å². The molecule has 0 saturated carbocycles. The van der Waals surface area contributed by atoms with Crippen LogP contribution < -0.4 is 0 Å². The Kier molecular flexibility index (Phi) is 4.69. The fourth-order valence-corrected chi connectivity index (χ4v) is 1.96. The molecule has 0 bridgehead atoms. The normalized spacial score (nSPS) is 17.3. The van der Waals surface area contributed by atoms with Crippen molar-refractivity contribution in [1.29, 1.82) is 0 Å². The summed E-state index contributed by atoms with van der Waals surface area (Å²) >= 11 is 0. The third kappa shape index (κ3) is 3.48. The Hall–Kier alpha value is -0.170. The van der Waals surface area contributed by atoms with Crippen LogP contribution in [0.3, 0.4) is 0 Å². The summed E-state index contributed by atoms with van der Waals surface area (Å²) < 4.78 is 29.8. The van der Waals surface area contributed by atoms with E-state index in [1.807, 2.05) is 0 Å². The Balaban J connectivity index is 4.44. The number of aliphatic hydroxyl groups excluding tert-OH is 2. The second-order valence-corrected chi connectivity index (χ2v) is 4.23. The van der Waals surface area contributed by atoms with E-state index in [0.29, 0.717) is 6.42 Å². The molecule has 0 aromatic rings. The van der Waals surface area contributed by atoms with Crippen LogP contribution in [0.1, 0.15) is 19.8 Å². The Morgan fingerprint density at radius 1 is 1.42 bits per heavy atom. The van der Waals surface area contributed by atoms with E-state index in [1.165, 1.54) is 0 Å². The zero-order valence-electron chi connectivity index (χ0n) is 6.84. The van der Waals surface area contributed by atoms with Crippen molar-refractivity contribution in [3.8, 4) is 0 Å². The van der Waals surface area contributed by atoms with Gasteiger partial charge in [-0.15, -0.1) is 0 Å². The Morgan fingerprint density at radius 3 is 2.17 bits per heavy atom. The Morgan fingerprint density at radius 2 is 1.92 bits per heavy atom. The molecule has 12 heavy (non-hydrogen) atoms. The van der Waals surface area contributed by atoms with Gasteiger partial charge in [0, 0.05) is 0 Å². The second-order valence-electron chi connectivity index (χ2n) is 2.59. The summed E-state index contributed by atoms with van der Waals surface area (Å²) in [4.78, 5) is 0. The van der Waals surface area contributed by atoms with Crippen LogP contribution in [-0.4, -0.2) is 41.1 Å². The number of rotatable bonds is 5. The van der Waals surface area contributed by atoms with Gasteiger partial charge in [-0.25, -0.2) is 0 Å². The van der Waals surface area contributed by atoms with Crippen molar-refractivity contribution in [3.05, 3.63) is 0 Å². The summed E-state index contributed by atoms with van der Waals surface area (Å²) in [7, 11) is -4.25. The molecule has 0 rings (SSSR count). The van der Waals surface area contributed by atoms with Crippen molar-refractivity contribution in [2.24, 2.45) is 0 Å². The van der Waals surface area contributed by atoms with Crippen LogP contribution >= 0.6 is 0 Å². The topological polar surface area (TPSA) is 94.8 Å². The fraction of sp³-hybridized carbons (Fsp3) is 1.00. The van der Waals surface area contributed by atoms with E-state index in [-0.39, 0.29) is 6.42 Å². The van der Waals surface area contributed by atoms with E-state index in [4.69, 9.17) is 14.8 Å². The third-order valence-corrected chi connectivity index (χ3v) is 2.89. The van der Waals surface area contributed by atoms with Crippen molar-refractivity contribution in [3.63, 3.8) is 0 Å². The van der Waals surface area contributed by atoms with Gasteiger partial charge in [-0.05, 0) is 6.42 Å².